The van der Waals surface area contributed by atoms with E-state index in [0.29, 0.717) is 11.8 Å². The van der Waals surface area contributed by atoms with Crippen LogP contribution in [0.4, 0.5) is 0 Å². The Kier molecular flexibility index (Phi) is 2.25. The Hall–Kier alpha value is -0.590. The van der Waals surface area contributed by atoms with Gasteiger partial charge in [-0.3, -0.25) is 4.79 Å². The Balaban J connectivity index is 2.71. The lowest BCUT2D eigenvalue weighted by molar-refractivity contribution is -0.105. The van der Waals surface area contributed by atoms with E-state index in [4.69, 9.17) is 0 Å². The number of rotatable bonds is 1. The van der Waals surface area contributed by atoms with Gasteiger partial charge in [0.1, 0.15) is 6.29 Å². The van der Waals surface area contributed by atoms with Crippen LogP contribution in [0.1, 0.15) is 26.7 Å². The van der Waals surface area contributed by atoms with Crippen LogP contribution < -0.4 is 0 Å². The van der Waals surface area contributed by atoms with Crippen LogP contribution >= 0.6 is 0 Å². The summed E-state index contributed by atoms with van der Waals surface area (Å²) in [6, 6.07) is 0. The largest absolute Gasteiger partial charge is 0.298 e. The molecule has 0 N–H and O–H groups in total. The lowest BCUT2D eigenvalue weighted by atomic mass is 9.85. The molecule has 56 valence electrons. The molecule has 0 aromatic heterocycles. The van der Waals surface area contributed by atoms with Crippen molar-refractivity contribution in [2.45, 2.75) is 26.7 Å². The number of carbonyl (C=O) groups excluding carboxylic acids is 1. The molecule has 1 nitrogen and oxygen atoms in total. The topological polar surface area (TPSA) is 17.1 Å². The summed E-state index contributed by atoms with van der Waals surface area (Å²) in [7, 11) is 0. The minimum atomic E-state index is 0.494. The van der Waals surface area contributed by atoms with Crippen LogP contribution in [0.5, 0.6) is 0 Å². The second-order valence-electron chi connectivity index (χ2n) is 3.24. The molecular weight excluding hydrogens is 124 g/mol. The average Bonchev–Trinajstić information content (AvgIpc) is 1.94. The molecule has 1 aliphatic rings. The van der Waals surface area contributed by atoms with Gasteiger partial charge in [-0.1, -0.05) is 19.9 Å². The summed E-state index contributed by atoms with van der Waals surface area (Å²) in [4.78, 5) is 10.4. The molecular formula is C9H14O. The first-order valence-electron chi connectivity index (χ1n) is 3.91. The fourth-order valence-electron chi connectivity index (χ4n) is 1.41. The molecule has 0 fully saturated rings. The zero-order valence-corrected chi connectivity index (χ0v) is 6.63. The molecule has 0 amide bonds. The second-order valence-corrected chi connectivity index (χ2v) is 3.24. The Morgan fingerprint density at radius 2 is 2.20 bits per heavy atom. The maximum absolute atomic E-state index is 10.4. The van der Waals surface area contributed by atoms with Crippen molar-refractivity contribution >= 4 is 6.29 Å². The van der Waals surface area contributed by atoms with Gasteiger partial charge in [-0.05, 0) is 30.3 Å². The van der Waals surface area contributed by atoms with Crippen molar-refractivity contribution < 1.29 is 4.79 Å². The average molecular weight is 138 g/mol. The Bertz CT molecular complexity index is 158. The highest BCUT2D eigenvalue weighted by Crippen LogP contribution is 2.26. The summed E-state index contributed by atoms with van der Waals surface area (Å²) in [6.07, 6.45) is 5.51. The smallest absolute Gasteiger partial charge is 0.145 e. The predicted octanol–water partition coefficient (Wildman–Crippen LogP) is 2.18. The number of hydrogen-bond acceptors (Lipinski definition) is 1. The Morgan fingerprint density at radius 1 is 1.50 bits per heavy atom. The van der Waals surface area contributed by atoms with Crippen molar-refractivity contribution in [1.29, 1.82) is 0 Å². The molecule has 1 rings (SSSR count). The van der Waals surface area contributed by atoms with E-state index in [0.717, 1.165) is 11.9 Å². The zero-order chi connectivity index (χ0) is 7.56. The minimum absolute atomic E-state index is 0.494. The van der Waals surface area contributed by atoms with Crippen molar-refractivity contribution in [3.63, 3.8) is 0 Å². The number of aldehydes is 1. The lowest BCUT2D eigenvalue weighted by Crippen LogP contribution is -2.10. The zero-order valence-electron chi connectivity index (χ0n) is 6.63. The SMILES string of the molecule is CC1C=C(C=O)C(C)CC1. The van der Waals surface area contributed by atoms with Gasteiger partial charge in [-0.25, -0.2) is 0 Å². The normalized spacial score (nSPS) is 33.2. The van der Waals surface area contributed by atoms with Gasteiger partial charge < -0.3 is 0 Å². The quantitative estimate of drug-likeness (QED) is 0.507. The van der Waals surface area contributed by atoms with Gasteiger partial charge in [0.05, 0.1) is 0 Å². The summed E-state index contributed by atoms with van der Waals surface area (Å²) in [6.45, 7) is 4.28. The van der Waals surface area contributed by atoms with E-state index >= 15 is 0 Å². The van der Waals surface area contributed by atoms with Crippen LogP contribution in [0.15, 0.2) is 11.6 Å². The molecule has 0 radical (unpaired) electrons. The van der Waals surface area contributed by atoms with Gasteiger partial charge in [0.15, 0.2) is 0 Å². The standard InChI is InChI=1S/C9H14O/c1-7-3-4-8(2)9(5-7)6-10/h5-8H,3-4H2,1-2H3. The third-order valence-electron chi connectivity index (χ3n) is 2.24. The van der Waals surface area contributed by atoms with Crippen molar-refractivity contribution in [2.75, 3.05) is 0 Å². The highest BCUT2D eigenvalue weighted by Gasteiger charge is 2.15. The highest BCUT2D eigenvalue weighted by atomic mass is 16.1. The summed E-state index contributed by atoms with van der Waals surface area (Å²) in [5.74, 6) is 1.10. The summed E-state index contributed by atoms with van der Waals surface area (Å²) >= 11 is 0. The molecule has 1 heteroatoms. The van der Waals surface area contributed by atoms with E-state index in [9.17, 15) is 4.79 Å². The molecule has 1 aliphatic carbocycles. The molecule has 0 saturated carbocycles. The highest BCUT2D eigenvalue weighted by molar-refractivity contribution is 5.74. The first kappa shape index (κ1) is 7.52. The van der Waals surface area contributed by atoms with Crippen LogP contribution in [0.2, 0.25) is 0 Å². The number of carbonyl (C=O) groups is 1. The van der Waals surface area contributed by atoms with Crippen LogP contribution in [-0.4, -0.2) is 6.29 Å². The first-order valence-corrected chi connectivity index (χ1v) is 3.91. The third kappa shape index (κ3) is 1.47. The summed E-state index contributed by atoms with van der Waals surface area (Å²) in [5, 5.41) is 0. The third-order valence-corrected chi connectivity index (χ3v) is 2.24. The number of hydrogen-bond donors (Lipinski definition) is 0. The van der Waals surface area contributed by atoms with E-state index in [1.54, 1.807) is 0 Å². The van der Waals surface area contributed by atoms with Crippen molar-refractivity contribution in [3.8, 4) is 0 Å². The van der Waals surface area contributed by atoms with E-state index in [-0.39, 0.29) is 0 Å². The van der Waals surface area contributed by atoms with Gasteiger partial charge in [0.2, 0.25) is 0 Å². The monoisotopic (exact) mass is 138 g/mol. The molecule has 2 unspecified atom stereocenters. The van der Waals surface area contributed by atoms with E-state index in [1.807, 2.05) is 0 Å². The van der Waals surface area contributed by atoms with Crippen LogP contribution in [-0.2, 0) is 4.79 Å². The van der Waals surface area contributed by atoms with E-state index in [2.05, 4.69) is 19.9 Å². The first-order chi connectivity index (χ1) is 4.74. The van der Waals surface area contributed by atoms with Gasteiger partial charge in [-0.15, -0.1) is 0 Å². The Morgan fingerprint density at radius 3 is 2.70 bits per heavy atom. The van der Waals surface area contributed by atoms with Crippen molar-refractivity contribution in [3.05, 3.63) is 11.6 Å². The van der Waals surface area contributed by atoms with Crippen LogP contribution in [0.3, 0.4) is 0 Å². The fraction of sp³-hybridized carbons (Fsp3) is 0.667. The molecule has 0 bridgehead atoms. The van der Waals surface area contributed by atoms with Gasteiger partial charge in [0.25, 0.3) is 0 Å². The molecule has 0 aromatic carbocycles. The Labute approximate surface area is 62.1 Å². The van der Waals surface area contributed by atoms with Gasteiger partial charge >= 0.3 is 0 Å². The van der Waals surface area contributed by atoms with E-state index < -0.39 is 0 Å². The predicted molar refractivity (Wildman–Crippen MR) is 41.7 cm³/mol. The summed E-state index contributed by atoms with van der Waals surface area (Å²) < 4.78 is 0. The van der Waals surface area contributed by atoms with Crippen LogP contribution in [0, 0.1) is 11.8 Å². The molecule has 0 heterocycles. The molecule has 0 aromatic rings. The maximum Gasteiger partial charge on any atom is 0.145 e. The second kappa shape index (κ2) is 3.00. The molecule has 0 aliphatic heterocycles. The molecule has 0 spiro atoms. The van der Waals surface area contributed by atoms with E-state index in [1.165, 1.54) is 12.8 Å². The minimum Gasteiger partial charge on any atom is -0.298 e. The van der Waals surface area contributed by atoms with Gasteiger partial charge in [-0.2, -0.15) is 0 Å². The van der Waals surface area contributed by atoms with Gasteiger partial charge in [0, 0.05) is 0 Å². The molecule has 10 heavy (non-hydrogen) atoms. The van der Waals surface area contributed by atoms with Crippen LogP contribution in [0.25, 0.3) is 0 Å². The van der Waals surface area contributed by atoms with Crippen molar-refractivity contribution in [2.24, 2.45) is 11.8 Å². The lowest BCUT2D eigenvalue weighted by Gasteiger charge is -2.20. The summed E-state index contributed by atoms with van der Waals surface area (Å²) in [5.41, 5.74) is 0.999. The maximum atomic E-state index is 10.4. The fourth-order valence-corrected chi connectivity index (χ4v) is 1.41. The molecule has 2 atom stereocenters. The van der Waals surface area contributed by atoms with Crippen molar-refractivity contribution in [1.82, 2.24) is 0 Å². The molecule has 0 saturated heterocycles. The number of allylic oxidation sites excluding steroid dienone is 2.